The lowest BCUT2D eigenvalue weighted by atomic mass is 9.93. The Morgan fingerprint density at radius 1 is 1.36 bits per heavy atom. The van der Waals surface area contributed by atoms with E-state index in [-0.39, 0.29) is 0 Å². The van der Waals surface area contributed by atoms with Gasteiger partial charge in [0, 0.05) is 0 Å². The van der Waals surface area contributed by atoms with Crippen LogP contribution in [0.4, 0.5) is 0 Å². The zero-order valence-electron chi connectivity index (χ0n) is 7.68. The first-order chi connectivity index (χ1) is 5.36. The highest BCUT2D eigenvalue weighted by molar-refractivity contribution is 4.72. The van der Waals surface area contributed by atoms with Crippen molar-refractivity contribution in [2.75, 3.05) is 19.6 Å². The molecule has 1 fully saturated rings. The van der Waals surface area contributed by atoms with Gasteiger partial charge in [0.05, 0.1) is 0 Å². The molecule has 0 unspecified atom stereocenters. The first-order valence-electron chi connectivity index (χ1n) is 4.88. The quantitative estimate of drug-likeness (QED) is 0.603. The smallest absolute Gasteiger partial charge is 0.00161 e. The van der Waals surface area contributed by atoms with Crippen molar-refractivity contribution in [1.82, 2.24) is 4.90 Å². The van der Waals surface area contributed by atoms with Crippen LogP contribution in [0.1, 0.15) is 32.6 Å². The van der Waals surface area contributed by atoms with Gasteiger partial charge in [0.1, 0.15) is 0 Å². The highest BCUT2D eigenvalue weighted by Crippen LogP contribution is 2.20. The molecule has 1 rings (SSSR count). The summed E-state index contributed by atoms with van der Waals surface area (Å²) in [7, 11) is 0. The van der Waals surface area contributed by atoms with Crippen LogP contribution in [-0.2, 0) is 0 Å². The van der Waals surface area contributed by atoms with E-state index in [9.17, 15) is 0 Å². The maximum absolute atomic E-state index is 3.91. The van der Waals surface area contributed by atoms with Gasteiger partial charge in [0.15, 0.2) is 0 Å². The van der Waals surface area contributed by atoms with Gasteiger partial charge < -0.3 is 4.90 Å². The van der Waals surface area contributed by atoms with Crippen molar-refractivity contribution in [2.45, 2.75) is 32.6 Å². The minimum Gasteiger partial charge on any atom is -0.303 e. The minimum atomic E-state index is 0.999. The zero-order valence-corrected chi connectivity index (χ0v) is 7.68. The Bertz CT molecular complexity index is 93.0. The second-order valence-electron chi connectivity index (χ2n) is 3.57. The van der Waals surface area contributed by atoms with Crippen LogP contribution in [0, 0.1) is 12.8 Å². The first-order valence-corrected chi connectivity index (χ1v) is 4.88. The van der Waals surface area contributed by atoms with E-state index in [1.165, 1.54) is 38.8 Å². The van der Waals surface area contributed by atoms with E-state index in [0.717, 1.165) is 12.5 Å². The summed E-state index contributed by atoms with van der Waals surface area (Å²) < 4.78 is 0. The number of piperidine rings is 1. The van der Waals surface area contributed by atoms with E-state index in [0.29, 0.717) is 0 Å². The molecular formula is C10H20N. The van der Waals surface area contributed by atoms with Crippen LogP contribution in [0.25, 0.3) is 0 Å². The summed E-state index contributed by atoms with van der Waals surface area (Å²) in [6.45, 7) is 9.76. The molecule has 1 nitrogen and oxygen atoms in total. The maximum Gasteiger partial charge on any atom is -0.00161 e. The van der Waals surface area contributed by atoms with Crippen molar-refractivity contribution in [3.05, 3.63) is 6.92 Å². The molecule has 0 aromatic rings. The van der Waals surface area contributed by atoms with Gasteiger partial charge in [0.25, 0.3) is 0 Å². The molecule has 1 heterocycles. The Kier molecular flexibility index (Phi) is 3.92. The molecule has 1 aliphatic rings. The SMILES string of the molecule is [CH2]CN1CCC(CCC)CC1. The summed E-state index contributed by atoms with van der Waals surface area (Å²) in [4.78, 5) is 2.45. The Labute approximate surface area is 70.8 Å². The molecule has 0 atom stereocenters. The molecule has 0 spiro atoms. The van der Waals surface area contributed by atoms with Gasteiger partial charge in [-0.25, -0.2) is 0 Å². The molecule has 0 aliphatic carbocycles. The largest absolute Gasteiger partial charge is 0.303 e. The number of rotatable bonds is 3. The third-order valence-corrected chi connectivity index (χ3v) is 2.72. The summed E-state index contributed by atoms with van der Waals surface area (Å²) in [5.41, 5.74) is 0. The van der Waals surface area contributed by atoms with Crippen molar-refractivity contribution in [2.24, 2.45) is 5.92 Å². The number of hydrogen-bond acceptors (Lipinski definition) is 1. The standard InChI is InChI=1S/C10H20N/c1-3-5-10-6-8-11(4-2)9-7-10/h10H,2-9H2,1H3. The van der Waals surface area contributed by atoms with Crippen molar-refractivity contribution < 1.29 is 0 Å². The lowest BCUT2D eigenvalue weighted by Crippen LogP contribution is -2.33. The van der Waals surface area contributed by atoms with Crippen LogP contribution in [-0.4, -0.2) is 24.5 Å². The van der Waals surface area contributed by atoms with E-state index < -0.39 is 0 Å². The van der Waals surface area contributed by atoms with Crippen LogP contribution >= 0.6 is 0 Å². The second-order valence-corrected chi connectivity index (χ2v) is 3.57. The Morgan fingerprint density at radius 3 is 2.45 bits per heavy atom. The average molecular weight is 154 g/mol. The van der Waals surface area contributed by atoms with Crippen LogP contribution < -0.4 is 0 Å². The molecule has 1 aliphatic heterocycles. The maximum atomic E-state index is 3.91. The molecular weight excluding hydrogens is 134 g/mol. The van der Waals surface area contributed by atoms with Gasteiger partial charge in [-0.3, -0.25) is 0 Å². The van der Waals surface area contributed by atoms with Crippen LogP contribution in [0.3, 0.4) is 0 Å². The van der Waals surface area contributed by atoms with Crippen LogP contribution in [0.15, 0.2) is 0 Å². The monoisotopic (exact) mass is 154 g/mol. The first kappa shape index (κ1) is 9.05. The van der Waals surface area contributed by atoms with Gasteiger partial charge in [0.2, 0.25) is 0 Å². The molecule has 0 amide bonds. The molecule has 0 aromatic carbocycles. The van der Waals surface area contributed by atoms with E-state index in [2.05, 4.69) is 18.7 Å². The molecule has 65 valence electrons. The van der Waals surface area contributed by atoms with Gasteiger partial charge >= 0.3 is 0 Å². The van der Waals surface area contributed by atoms with E-state index >= 15 is 0 Å². The van der Waals surface area contributed by atoms with Gasteiger partial charge in [-0.05, 0) is 45.3 Å². The van der Waals surface area contributed by atoms with Crippen molar-refractivity contribution >= 4 is 0 Å². The lowest BCUT2D eigenvalue weighted by Gasteiger charge is -2.30. The fourth-order valence-electron chi connectivity index (χ4n) is 1.91. The summed E-state index contributed by atoms with van der Waals surface area (Å²) in [6, 6.07) is 0. The molecule has 11 heavy (non-hydrogen) atoms. The molecule has 0 bridgehead atoms. The number of hydrogen-bond donors (Lipinski definition) is 0. The molecule has 1 heteroatoms. The number of nitrogens with zero attached hydrogens (tertiary/aromatic N) is 1. The Morgan fingerprint density at radius 2 is 2.00 bits per heavy atom. The van der Waals surface area contributed by atoms with Crippen LogP contribution in [0.2, 0.25) is 0 Å². The Hall–Kier alpha value is -0.0400. The third kappa shape index (κ3) is 2.82. The second kappa shape index (κ2) is 4.76. The third-order valence-electron chi connectivity index (χ3n) is 2.72. The van der Waals surface area contributed by atoms with Crippen LogP contribution in [0.5, 0.6) is 0 Å². The molecule has 1 saturated heterocycles. The zero-order chi connectivity index (χ0) is 8.10. The lowest BCUT2D eigenvalue weighted by molar-refractivity contribution is 0.193. The summed E-state index contributed by atoms with van der Waals surface area (Å²) in [5, 5.41) is 0. The summed E-state index contributed by atoms with van der Waals surface area (Å²) in [5.74, 6) is 1.02. The molecule has 1 radical (unpaired) electrons. The number of likely N-dealkylation sites (tertiary alicyclic amines) is 1. The fraction of sp³-hybridized carbons (Fsp3) is 0.900. The minimum absolute atomic E-state index is 0.999. The average Bonchev–Trinajstić information content (AvgIpc) is 2.07. The van der Waals surface area contributed by atoms with Gasteiger partial charge in [-0.2, -0.15) is 0 Å². The van der Waals surface area contributed by atoms with Gasteiger partial charge in [-0.1, -0.05) is 19.8 Å². The summed E-state index contributed by atoms with van der Waals surface area (Å²) >= 11 is 0. The van der Waals surface area contributed by atoms with E-state index in [1.807, 2.05) is 0 Å². The van der Waals surface area contributed by atoms with Crippen molar-refractivity contribution in [1.29, 1.82) is 0 Å². The highest BCUT2D eigenvalue weighted by atomic mass is 15.1. The van der Waals surface area contributed by atoms with Crippen molar-refractivity contribution in [3.63, 3.8) is 0 Å². The topological polar surface area (TPSA) is 3.24 Å². The van der Waals surface area contributed by atoms with Gasteiger partial charge in [-0.15, -0.1) is 0 Å². The normalized spacial score (nSPS) is 22.4. The van der Waals surface area contributed by atoms with E-state index in [1.54, 1.807) is 0 Å². The fourth-order valence-corrected chi connectivity index (χ4v) is 1.91. The molecule has 0 aromatic heterocycles. The van der Waals surface area contributed by atoms with Crippen molar-refractivity contribution in [3.8, 4) is 0 Å². The highest BCUT2D eigenvalue weighted by Gasteiger charge is 2.16. The predicted octanol–water partition coefficient (Wildman–Crippen LogP) is 2.33. The van der Waals surface area contributed by atoms with E-state index in [4.69, 9.17) is 0 Å². The Balaban J connectivity index is 2.14. The summed E-state index contributed by atoms with van der Waals surface area (Å²) in [6.07, 6.45) is 5.60. The molecule has 0 N–H and O–H groups in total. The molecule has 0 saturated carbocycles. The predicted molar refractivity (Wildman–Crippen MR) is 49.4 cm³/mol.